The molecule has 6 heteroatoms. The van der Waals surface area contributed by atoms with Crippen LogP contribution in [0.25, 0.3) is 33.8 Å². The van der Waals surface area contributed by atoms with Crippen molar-refractivity contribution >= 4 is 51.1 Å². The number of thiocarbonyl (C=S) groups is 1. The van der Waals surface area contributed by atoms with E-state index in [4.69, 9.17) is 17.3 Å². The minimum atomic E-state index is -0.0111. The standard InChI is InChI=1S/C28H25N3OS2/c1-2-3-9-16-30-27(32)25(34-28(30)33)18-23-19-31(24-12-5-4-6-13-24)29-26(23)22-15-14-20-10-7-8-11-21(20)17-22/h4-8,10-15,17-19H,2-3,9,16H2,1H3/b25-18-. The summed E-state index contributed by atoms with van der Waals surface area (Å²) in [6.07, 6.45) is 7.09. The van der Waals surface area contributed by atoms with Crippen LogP contribution in [-0.4, -0.2) is 31.5 Å². The van der Waals surface area contributed by atoms with E-state index in [0.717, 1.165) is 47.2 Å². The molecule has 0 saturated carbocycles. The fourth-order valence-electron chi connectivity index (χ4n) is 4.12. The first kappa shape index (κ1) is 22.6. The van der Waals surface area contributed by atoms with Crippen molar-refractivity contribution in [1.82, 2.24) is 14.7 Å². The molecule has 1 aromatic heterocycles. The summed E-state index contributed by atoms with van der Waals surface area (Å²) in [5.41, 5.74) is 3.72. The van der Waals surface area contributed by atoms with E-state index < -0.39 is 0 Å². The number of amides is 1. The zero-order chi connectivity index (χ0) is 23.5. The molecule has 170 valence electrons. The zero-order valence-electron chi connectivity index (χ0n) is 19.0. The topological polar surface area (TPSA) is 38.1 Å². The first-order valence-corrected chi connectivity index (χ1v) is 12.8. The monoisotopic (exact) mass is 483 g/mol. The molecule has 34 heavy (non-hydrogen) atoms. The maximum atomic E-state index is 13.1. The minimum absolute atomic E-state index is 0.0111. The van der Waals surface area contributed by atoms with E-state index in [9.17, 15) is 4.79 Å². The van der Waals surface area contributed by atoms with Gasteiger partial charge in [0.2, 0.25) is 0 Å². The number of rotatable bonds is 7. The van der Waals surface area contributed by atoms with Gasteiger partial charge in [0.15, 0.2) is 0 Å². The van der Waals surface area contributed by atoms with Gasteiger partial charge in [-0.25, -0.2) is 4.68 Å². The molecule has 1 aliphatic heterocycles. The Labute approximate surface area is 209 Å². The van der Waals surface area contributed by atoms with Crippen molar-refractivity contribution < 1.29 is 4.79 Å². The fourth-order valence-corrected chi connectivity index (χ4v) is 5.42. The summed E-state index contributed by atoms with van der Waals surface area (Å²) in [6, 6.07) is 24.7. The van der Waals surface area contributed by atoms with E-state index in [1.165, 1.54) is 17.1 Å². The Morgan fingerprint density at radius 2 is 1.74 bits per heavy atom. The predicted molar refractivity (Wildman–Crippen MR) is 146 cm³/mol. The molecule has 3 aromatic carbocycles. The Kier molecular flexibility index (Phi) is 6.61. The molecular formula is C28H25N3OS2. The van der Waals surface area contributed by atoms with Gasteiger partial charge in [-0.15, -0.1) is 0 Å². The third-order valence-electron chi connectivity index (χ3n) is 5.93. The van der Waals surface area contributed by atoms with E-state index in [2.05, 4.69) is 37.3 Å². The fraction of sp³-hybridized carbons (Fsp3) is 0.179. The van der Waals surface area contributed by atoms with Gasteiger partial charge in [0.1, 0.15) is 10.0 Å². The molecular weight excluding hydrogens is 458 g/mol. The maximum absolute atomic E-state index is 13.1. The lowest BCUT2D eigenvalue weighted by Crippen LogP contribution is -2.28. The van der Waals surface area contributed by atoms with Crippen LogP contribution in [0.3, 0.4) is 0 Å². The molecule has 2 heterocycles. The summed E-state index contributed by atoms with van der Waals surface area (Å²) in [6.45, 7) is 2.83. The van der Waals surface area contributed by atoms with E-state index in [0.29, 0.717) is 15.8 Å². The van der Waals surface area contributed by atoms with Crippen LogP contribution in [0.15, 0.2) is 83.9 Å². The predicted octanol–water partition coefficient (Wildman–Crippen LogP) is 7.08. The van der Waals surface area contributed by atoms with Crippen molar-refractivity contribution in [2.24, 2.45) is 0 Å². The first-order chi connectivity index (χ1) is 16.6. The highest BCUT2D eigenvalue weighted by molar-refractivity contribution is 8.26. The largest absolute Gasteiger partial charge is 0.293 e. The number of hydrogen-bond donors (Lipinski definition) is 0. The van der Waals surface area contributed by atoms with Crippen molar-refractivity contribution in [3.63, 3.8) is 0 Å². The Hall–Kier alpha value is -3.22. The third kappa shape index (κ3) is 4.56. The molecule has 0 bridgehead atoms. The quantitative estimate of drug-likeness (QED) is 0.160. The zero-order valence-corrected chi connectivity index (χ0v) is 20.6. The number of hydrogen-bond acceptors (Lipinski definition) is 4. The van der Waals surface area contributed by atoms with Crippen LogP contribution in [0.1, 0.15) is 31.7 Å². The van der Waals surface area contributed by atoms with Crippen LogP contribution in [0.2, 0.25) is 0 Å². The van der Waals surface area contributed by atoms with Crippen LogP contribution in [0.4, 0.5) is 0 Å². The Morgan fingerprint density at radius 3 is 2.53 bits per heavy atom. The summed E-state index contributed by atoms with van der Waals surface area (Å²) >= 11 is 6.91. The number of aromatic nitrogens is 2. The SMILES string of the molecule is CCCCCN1C(=O)/C(=C/c2cn(-c3ccccc3)nc2-c2ccc3ccccc3c2)SC1=S. The van der Waals surface area contributed by atoms with Gasteiger partial charge in [-0.3, -0.25) is 9.69 Å². The van der Waals surface area contributed by atoms with Gasteiger partial charge in [0.05, 0.1) is 10.6 Å². The van der Waals surface area contributed by atoms with E-state index in [1.807, 2.05) is 59.4 Å². The summed E-state index contributed by atoms with van der Waals surface area (Å²) < 4.78 is 2.51. The molecule has 5 rings (SSSR count). The van der Waals surface area contributed by atoms with Crippen LogP contribution >= 0.6 is 24.0 Å². The van der Waals surface area contributed by atoms with Gasteiger partial charge in [-0.2, -0.15) is 5.10 Å². The molecule has 0 atom stereocenters. The highest BCUT2D eigenvalue weighted by Crippen LogP contribution is 2.35. The molecule has 4 aromatic rings. The van der Waals surface area contributed by atoms with Crippen molar-refractivity contribution in [2.45, 2.75) is 26.2 Å². The second kappa shape index (κ2) is 9.95. The smallest absolute Gasteiger partial charge is 0.266 e. The molecule has 0 aliphatic carbocycles. The Morgan fingerprint density at radius 1 is 0.971 bits per heavy atom. The highest BCUT2D eigenvalue weighted by Gasteiger charge is 2.32. The Balaban J connectivity index is 1.56. The highest BCUT2D eigenvalue weighted by atomic mass is 32.2. The van der Waals surface area contributed by atoms with Crippen molar-refractivity contribution in [3.05, 3.63) is 89.5 Å². The molecule has 1 saturated heterocycles. The molecule has 0 N–H and O–H groups in total. The van der Waals surface area contributed by atoms with E-state index >= 15 is 0 Å². The molecule has 0 radical (unpaired) electrons. The average molecular weight is 484 g/mol. The normalized spacial score (nSPS) is 15.1. The van der Waals surface area contributed by atoms with Crippen molar-refractivity contribution in [3.8, 4) is 16.9 Å². The minimum Gasteiger partial charge on any atom is -0.293 e. The molecule has 0 unspecified atom stereocenters. The molecule has 1 fully saturated rings. The lowest BCUT2D eigenvalue weighted by atomic mass is 10.0. The van der Waals surface area contributed by atoms with Crippen LogP contribution in [0, 0.1) is 0 Å². The third-order valence-corrected chi connectivity index (χ3v) is 7.31. The number of unbranched alkanes of at least 4 members (excludes halogenated alkanes) is 2. The lowest BCUT2D eigenvalue weighted by Gasteiger charge is -2.13. The van der Waals surface area contributed by atoms with Crippen LogP contribution in [-0.2, 0) is 4.79 Å². The van der Waals surface area contributed by atoms with E-state index in [-0.39, 0.29) is 5.91 Å². The lowest BCUT2D eigenvalue weighted by molar-refractivity contribution is -0.122. The number of thioether (sulfide) groups is 1. The summed E-state index contributed by atoms with van der Waals surface area (Å²) in [5, 5.41) is 7.27. The summed E-state index contributed by atoms with van der Waals surface area (Å²) in [7, 11) is 0. The second-order valence-corrected chi connectivity index (χ2v) is 9.99. The molecule has 4 nitrogen and oxygen atoms in total. The van der Waals surface area contributed by atoms with Gasteiger partial charge in [0, 0.05) is 23.9 Å². The number of carbonyl (C=O) groups is 1. The number of fused-ring (bicyclic) bond motifs is 1. The van der Waals surface area contributed by atoms with Crippen LogP contribution < -0.4 is 0 Å². The average Bonchev–Trinajstić information content (AvgIpc) is 3.41. The molecule has 1 amide bonds. The van der Waals surface area contributed by atoms with E-state index in [1.54, 1.807) is 4.90 Å². The van der Waals surface area contributed by atoms with Gasteiger partial charge >= 0.3 is 0 Å². The number of carbonyl (C=O) groups excluding carboxylic acids is 1. The van der Waals surface area contributed by atoms with Gasteiger partial charge in [0.25, 0.3) is 5.91 Å². The van der Waals surface area contributed by atoms with Crippen molar-refractivity contribution in [2.75, 3.05) is 6.54 Å². The number of benzene rings is 3. The molecule has 1 aliphatic rings. The first-order valence-electron chi connectivity index (χ1n) is 11.5. The number of nitrogens with zero attached hydrogens (tertiary/aromatic N) is 3. The summed E-state index contributed by atoms with van der Waals surface area (Å²) in [5.74, 6) is -0.0111. The number of para-hydroxylation sites is 1. The van der Waals surface area contributed by atoms with Crippen molar-refractivity contribution in [1.29, 1.82) is 0 Å². The summed E-state index contributed by atoms with van der Waals surface area (Å²) in [4.78, 5) is 15.5. The Bertz CT molecular complexity index is 1390. The van der Waals surface area contributed by atoms with Gasteiger partial charge in [-0.1, -0.05) is 98.3 Å². The maximum Gasteiger partial charge on any atom is 0.266 e. The molecule has 0 spiro atoms. The second-order valence-electron chi connectivity index (χ2n) is 8.32. The van der Waals surface area contributed by atoms with Gasteiger partial charge < -0.3 is 0 Å². The van der Waals surface area contributed by atoms with Gasteiger partial charge in [-0.05, 0) is 41.5 Å². The van der Waals surface area contributed by atoms with Crippen LogP contribution in [0.5, 0.6) is 0 Å².